The van der Waals surface area contributed by atoms with E-state index in [2.05, 4.69) is 39.6 Å². The number of benzene rings is 1. The molecule has 2 aromatic heterocycles. The predicted octanol–water partition coefficient (Wildman–Crippen LogP) is 3.96. The molecule has 0 fully saturated rings. The van der Waals surface area contributed by atoms with E-state index in [-0.39, 0.29) is 0 Å². The van der Waals surface area contributed by atoms with Crippen molar-refractivity contribution in [1.29, 1.82) is 0 Å². The minimum Gasteiger partial charge on any atom is -0.255 e. The number of nitrogens with one attached hydrogen (secondary N) is 1. The third kappa shape index (κ3) is 3.32. The lowest BCUT2D eigenvalue weighted by Gasteiger charge is -1.96. The van der Waals surface area contributed by atoms with Gasteiger partial charge in [0.05, 0.1) is 17.6 Å². The minimum atomic E-state index is 0.776. The number of rotatable bonds is 4. The number of anilines is 1. The molecule has 0 amide bonds. The Morgan fingerprint density at radius 2 is 1.90 bits per heavy atom. The lowest BCUT2D eigenvalue weighted by atomic mass is 10.1. The van der Waals surface area contributed by atoms with Gasteiger partial charge in [0.1, 0.15) is 0 Å². The molecule has 21 heavy (non-hydrogen) atoms. The van der Waals surface area contributed by atoms with Crippen molar-refractivity contribution in [2.45, 2.75) is 6.92 Å². The topological polar surface area (TPSA) is 50.2 Å². The molecule has 0 bridgehead atoms. The Morgan fingerprint density at radius 3 is 2.67 bits per heavy atom. The molecular weight excluding hydrogens is 280 g/mol. The van der Waals surface area contributed by atoms with Crippen LogP contribution in [-0.2, 0) is 0 Å². The molecule has 0 atom stereocenters. The second-order valence-corrected chi connectivity index (χ2v) is 5.62. The third-order valence-electron chi connectivity index (χ3n) is 2.89. The number of aryl methyl sites for hydroxylation is 1. The highest BCUT2D eigenvalue weighted by Gasteiger charge is 2.08. The molecule has 0 spiro atoms. The molecule has 0 unspecified atom stereocenters. The van der Waals surface area contributed by atoms with Crippen LogP contribution in [0.3, 0.4) is 0 Å². The van der Waals surface area contributed by atoms with E-state index in [1.54, 1.807) is 23.7 Å². The van der Waals surface area contributed by atoms with Crippen molar-refractivity contribution < 1.29 is 0 Å². The van der Waals surface area contributed by atoms with E-state index in [1.165, 1.54) is 0 Å². The zero-order valence-corrected chi connectivity index (χ0v) is 12.3. The summed E-state index contributed by atoms with van der Waals surface area (Å²) in [7, 11) is 0. The largest absolute Gasteiger partial charge is 0.255 e. The Morgan fingerprint density at radius 1 is 1.10 bits per heavy atom. The average molecular weight is 294 g/mol. The highest BCUT2D eigenvalue weighted by molar-refractivity contribution is 7.15. The van der Waals surface area contributed by atoms with Crippen molar-refractivity contribution in [3.05, 3.63) is 65.3 Å². The molecule has 0 saturated carbocycles. The van der Waals surface area contributed by atoms with Gasteiger partial charge in [-0.05, 0) is 19.1 Å². The van der Waals surface area contributed by atoms with E-state index in [0.717, 1.165) is 27.0 Å². The van der Waals surface area contributed by atoms with Gasteiger partial charge in [-0.25, -0.2) is 4.98 Å². The second-order valence-electron chi connectivity index (χ2n) is 4.41. The Kier molecular flexibility index (Phi) is 4.02. The van der Waals surface area contributed by atoms with E-state index in [0.29, 0.717) is 0 Å². The van der Waals surface area contributed by atoms with Crippen LogP contribution in [0.5, 0.6) is 0 Å². The van der Waals surface area contributed by atoms with Gasteiger partial charge in [0.25, 0.3) is 0 Å². The highest BCUT2D eigenvalue weighted by Crippen LogP contribution is 2.29. The van der Waals surface area contributed by atoms with Gasteiger partial charge in [-0.2, -0.15) is 5.10 Å². The Bertz CT molecular complexity index is 735. The van der Waals surface area contributed by atoms with E-state index >= 15 is 0 Å². The van der Waals surface area contributed by atoms with Gasteiger partial charge in [0.2, 0.25) is 5.13 Å². The monoisotopic (exact) mass is 294 g/mol. The number of hydrazone groups is 1. The Hall–Kier alpha value is -2.53. The van der Waals surface area contributed by atoms with Gasteiger partial charge in [0.15, 0.2) is 0 Å². The molecule has 0 aliphatic rings. The van der Waals surface area contributed by atoms with Gasteiger partial charge < -0.3 is 0 Å². The summed E-state index contributed by atoms with van der Waals surface area (Å²) in [5.41, 5.74) is 5.88. The van der Waals surface area contributed by atoms with Crippen LogP contribution in [0.2, 0.25) is 0 Å². The molecule has 0 radical (unpaired) electrons. The summed E-state index contributed by atoms with van der Waals surface area (Å²) in [6.45, 7) is 2.06. The quantitative estimate of drug-likeness (QED) is 0.585. The van der Waals surface area contributed by atoms with Crippen molar-refractivity contribution in [3.63, 3.8) is 0 Å². The predicted molar refractivity (Wildman–Crippen MR) is 87.7 cm³/mol. The van der Waals surface area contributed by atoms with E-state index in [1.807, 2.05) is 36.4 Å². The Balaban J connectivity index is 1.75. The maximum absolute atomic E-state index is 4.58. The van der Waals surface area contributed by atoms with Gasteiger partial charge >= 0.3 is 0 Å². The fraction of sp³-hybridized carbons (Fsp3) is 0.0625. The molecule has 4 nitrogen and oxygen atoms in total. The number of hydrogen-bond acceptors (Lipinski definition) is 5. The normalized spacial score (nSPS) is 10.9. The number of aromatic nitrogens is 2. The van der Waals surface area contributed by atoms with Crippen molar-refractivity contribution in [2.24, 2.45) is 5.10 Å². The van der Waals surface area contributed by atoms with Crippen LogP contribution in [0.15, 0.2) is 59.8 Å². The summed E-state index contributed by atoms with van der Waals surface area (Å²) < 4.78 is 0. The van der Waals surface area contributed by atoms with Gasteiger partial charge in [-0.15, -0.1) is 11.3 Å². The van der Waals surface area contributed by atoms with Crippen LogP contribution in [0.25, 0.3) is 11.3 Å². The molecule has 0 aliphatic carbocycles. The standard InChI is InChI=1S/C16H14N4S/c1-12-15(13-7-3-2-4-8-13)19-16(21-12)20-18-11-14-9-5-6-10-17-14/h2-11H,1H3,(H,19,20)/b18-11+. The lowest BCUT2D eigenvalue weighted by molar-refractivity contribution is 1.26. The molecule has 2 heterocycles. The molecule has 3 aromatic rings. The molecule has 0 aliphatic heterocycles. The molecule has 104 valence electrons. The van der Waals surface area contributed by atoms with Crippen molar-refractivity contribution in [3.8, 4) is 11.3 Å². The highest BCUT2D eigenvalue weighted by atomic mass is 32.1. The summed E-state index contributed by atoms with van der Waals surface area (Å²) in [4.78, 5) is 9.92. The van der Waals surface area contributed by atoms with Crippen LogP contribution >= 0.6 is 11.3 Å². The third-order valence-corrected chi connectivity index (χ3v) is 3.76. The van der Waals surface area contributed by atoms with Crippen LogP contribution in [0.1, 0.15) is 10.6 Å². The fourth-order valence-electron chi connectivity index (χ4n) is 1.91. The van der Waals surface area contributed by atoms with Crippen LogP contribution < -0.4 is 5.43 Å². The first-order valence-electron chi connectivity index (χ1n) is 6.56. The van der Waals surface area contributed by atoms with Crippen LogP contribution in [0.4, 0.5) is 5.13 Å². The first-order valence-corrected chi connectivity index (χ1v) is 7.37. The van der Waals surface area contributed by atoms with Crippen molar-refractivity contribution in [1.82, 2.24) is 9.97 Å². The second kappa shape index (κ2) is 6.28. The summed E-state index contributed by atoms with van der Waals surface area (Å²) in [6, 6.07) is 15.8. The maximum atomic E-state index is 4.58. The SMILES string of the molecule is Cc1sc(N/N=C/c2ccccn2)nc1-c1ccccc1. The summed E-state index contributed by atoms with van der Waals surface area (Å²) in [5, 5.41) is 4.95. The zero-order valence-electron chi connectivity index (χ0n) is 11.5. The zero-order chi connectivity index (χ0) is 14.5. The molecular formula is C16H14N4S. The first kappa shape index (κ1) is 13.5. The van der Waals surface area contributed by atoms with E-state index in [9.17, 15) is 0 Å². The number of nitrogens with zero attached hydrogens (tertiary/aromatic N) is 3. The molecule has 0 saturated heterocycles. The minimum absolute atomic E-state index is 0.776. The number of pyridine rings is 1. The average Bonchev–Trinajstić information content (AvgIpc) is 2.90. The lowest BCUT2D eigenvalue weighted by Crippen LogP contribution is -1.91. The van der Waals surface area contributed by atoms with Gasteiger partial charge in [-0.1, -0.05) is 36.4 Å². The smallest absolute Gasteiger partial charge is 0.204 e. The fourth-order valence-corrected chi connectivity index (χ4v) is 2.70. The summed E-state index contributed by atoms with van der Waals surface area (Å²) >= 11 is 1.59. The number of hydrogen-bond donors (Lipinski definition) is 1. The number of thiazole rings is 1. The van der Waals surface area contributed by atoms with Gasteiger partial charge in [0, 0.05) is 16.6 Å². The van der Waals surface area contributed by atoms with E-state index < -0.39 is 0 Å². The van der Waals surface area contributed by atoms with Crippen molar-refractivity contribution >= 4 is 22.7 Å². The van der Waals surface area contributed by atoms with Gasteiger partial charge in [-0.3, -0.25) is 10.4 Å². The first-order chi connectivity index (χ1) is 10.3. The molecule has 5 heteroatoms. The maximum Gasteiger partial charge on any atom is 0.204 e. The summed E-state index contributed by atoms with van der Waals surface area (Å²) in [6.07, 6.45) is 3.42. The molecule has 1 aromatic carbocycles. The molecule has 1 N–H and O–H groups in total. The summed E-state index contributed by atoms with van der Waals surface area (Å²) in [5.74, 6) is 0. The van der Waals surface area contributed by atoms with E-state index in [4.69, 9.17) is 0 Å². The van der Waals surface area contributed by atoms with Crippen LogP contribution in [-0.4, -0.2) is 16.2 Å². The van der Waals surface area contributed by atoms with Crippen LogP contribution in [0, 0.1) is 6.92 Å². The van der Waals surface area contributed by atoms with Crippen molar-refractivity contribution in [2.75, 3.05) is 5.43 Å². The Labute approximate surface area is 127 Å². The molecule has 3 rings (SSSR count).